The van der Waals surface area contributed by atoms with Gasteiger partial charge in [-0.25, -0.2) is 4.98 Å². The molecule has 0 radical (unpaired) electrons. The summed E-state index contributed by atoms with van der Waals surface area (Å²) in [5.41, 5.74) is 9.59. The lowest BCUT2D eigenvalue weighted by molar-refractivity contribution is 0.598. The Kier molecular flexibility index (Phi) is 2.79. The molecule has 0 saturated heterocycles. The zero-order chi connectivity index (χ0) is 13.4. The van der Waals surface area contributed by atoms with Crippen molar-refractivity contribution < 1.29 is 0 Å². The maximum atomic E-state index is 5.51. The normalized spacial score (nSPS) is 11.3. The Morgan fingerprint density at radius 3 is 2.89 bits per heavy atom. The maximum absolute atomic E-state index is 5.51. The summed E-state index contributed by atoms with van der Waals surface area (Å²) >= 11 is 0. The zero-order valence-corrected chi connectivity index (χ0v) is 11.0. The van der Waals surface area contributed by atoms with Gasteiger partial charge in [0.15, 0.2) is 5.82 Å². The Hall–Kier alpha value is -2.21. The van der Waals surface area contributed by atoms with Gasteiger partial charge in [-0.05, 0) is 18.6 Å². The Balaban J connectivity index is 2.14. The number of hydrogen-bond donors (Lipinski definition) is 1. The van der Waals surface area contributed by atoms with Crippen LogP contribution in [0.15, 0.2) is 24.4 Å². The molecule has 2 aromatic heterocycles. The van der Waals surface area contributed by atoms with Crippen molar-refractivity contribution in [1.82, 2.24) is 24.5 Å². The van der Waals surface area contributed by atoms with E-state index in [0.717, 1.165) is 22.6 Å². The maximum Gasteiger partial charge on any atom is 0.163 e. The molecule has 0 aliphatic rings. The molecule has 3 rings (SSSR count). The fourth-order valence-electron chi connectivity index (χ4n) is 2.34. The van der Waals surface area contributed by atoms with Gasteiger partial charge in [-0.1, -0.05) is 17.3 Å². The first-order valence-electron chi connectivity index (χ1n) is 6.23. The van der Waals surface area contributed by atoms with E-state index in [9.17, 15) is 0 Å². The van der Waals surface area contributed by atoms with Crippen LogP contribution in [0.5, 0.6) is 0 Å². The SMILES string of the molecule is Cc1cccc2nc(-c3cn(CCN)nn3)n(C)c12. The number of rotatable bonds is 3. The van der Waals surface area contributed by atoms with Crippen LogP contribution in [0.2, 0.25) is 0 Å². The van der Waals surface area contributed by atoms with E-state index in [1.807, 2.05) is 25.4 Å². The van der Waals surface area contributed by atoms with Gasteiger partial charge in [0, 0.05) is 13.6 Å². The first-order chi connectivity index (χ1) is 9.20. The summed E-state index contributed by atoms with van der Waals surface area (Å²) in [5.74, 6) is 0.826. The van der Waals surface area contributed by atoms with Gasteiger partial charge >= 0.3 is 0 Å². The van der Waals surface area contributed by atoms with Crippen molar-refractivity contribution in [2.45, 2.75) is 13.5 Å². The van der Waals surface area contributed by atoms with Crippen LogP contribution in [0.25, 0.3) is 22.6 Å². The Morgan fingerprint density at radius 2 is 2.16 bits per heavy atom. The van der Waals surface area contributed by atoms with Gasteiger partial charge in [-0.3, -0.25) is 4.68 Å². The van der Waals surface area contributed by atoms with Crippen molar-refractivity contribution >= 4 is 11.0 Å². The first-order valence-corrected chi connectivity index (χ1v) is 6.23. The van der Waals surface area contributed by atoms with E-state index in [4.69, 9.17) is 5.73 Å². The summed E-state index contributed by atoms with van der Waals surface area (Å²) in [6.45, 7) is 3.29. The molecule has 2 heterocycles. The molecule has 0 saturated carbocycles. The summed E-state index contributed by atoms with van der Waals surface area (Å²) in [4.78, 5) is 4.63. The van der Waals surface area contributed by atoms with Gasteiger partial charge in [0.1, 0.15) is 5.69 Å². The summed E-state index contributed by atoms with van der Waals surface area (Å²) in [7, 11) is 2.00. The summed E-state index contributed by atoms with van der Waals surface area (Å²) in [6, 6.07) is 6.11. The lowest BCUT2D eigenvalue weighted by Gasteiger charge is -2.00. The molecule has 0 atom stereocenters. The predicted octanol–water partition coefficient (Wildman–Crippen LogP) is 1.10. The fourth-order valence-corrected chi connectivity index (χ4v) is 2.34. The van der Waals surface area contributed by atoms with Gasteiger partial charge < -0.3 is 10.3 Å². The molecule has 0 bridgehead atoms. The van der Waals surface area contributed by atoms with E-state index < -0.39 is 0 Å². The second kappa shape index (κ2) is 4.47. The van der Waals surface area contributed by atoms with Gasteiger partial charge in [0.05, 0.1) is 23.8 Å². The van der Waals surface area contributed by atoms with Crippen LogP contribution in [0, 0.1) is 6.92 Å². The molecule has 3 aromatic rings. The lowest BCUT2D eigenvalue weighted by atomic mass is 10.2. The van der Waals surface area contributed by atoms with Crippen LogP contribution >= 0.6 is 0 Å². The van der Waals surface area contributed by atoms with Crippen molar-refractivity contribution in [3.63, 3.8) is 0 Å². The third kappa shape index (κ3) is 1.90. The molecule has 0 aliphatic heterocycles. The summed E-state index contributed by atoms with van der Waals surface area (Å²) in [6.07, 6.45) is 1.88. The summed E-state index contributed by atoms with van der Waals surface area (Å²) < 4.78 is 3.79. The van der Waals surface area contributed by atoms with E-state index in [1.165, 1.54) is 5.56 Å². The molecule has 6 heteroatoms. The van der Waals surface area contributed by atoms with Gasteiger partial charge in [0.2, 0.25) is 0 Å². The molecule has 19 heavy (non-hydrogen) atoms. The average Bonchev–Trinajstić information content (AvgIpc) is 2.96. The van der Waals surface area contributed by atoms with Crippen LogP contribution in [0.3, 0.4) is 0 Å². The molecule has 0 unspecified atom stereocenters. The van der Waals surface area contributed by atoms with Gasteiger partial charge in [0.25, 0.3) is 0 Å². The van der Waals surface area contributed by atoms with Gasteiger partial charge in [-0.15, -0.1) is 5.10 Å². The molecule has 0 aliphatic carbocycles. The van der Waals surface area contributed by atoms with Crippen LogP contribution in [-0.4, -0.2) is 31.1 Å². The van der Waals surface area contributed by atoms with E-state index in [-0.39, 0.29) is 0 Å². The molecular formula is C13H16N6. The minimum atomic E-state index is 0.546. The highest BCUT2D eigenvalue weighted by Gasteiger charge is 2.14. The predicted molar refractivity (Wildman–Crippen MR) is 73.5 cm³/mol. The highest BCUT2D eigenvalue weighted by molar-refractivity contribution is 5.82. The van der Waals surface area contributed by atoms with E-state index >= 15 is 0 Å². The molecule has 0 spiro atoms. The highest BCUT2D eigenvalue weighted by atomic mass is 15.4. The number of para-hydroxylation sites is 1. The Morgan fingerprint density at radius 1 is 1.32 bits per heavy atom. The van der Waals surface area contributed by atoms with Crippen molar-refractivity contribution in [2.75, 3.05) is 6.54 Å². The van der Waals surface area contributed by atoms with Crippen LogP contribution in [0.1, 0.15) is 5.56 Å². The number of aromatic nitrogens is 5. The number of imidazole rings is 1. The summed E-state index contributed by atoms with van der Waals surface area (Å²) in [5, 5.41) is 8.21. The van der Waals surface area contributed by atoms with Crippen molar-refractivity contribution in [3.8, 4) is 11.5 Å². The smallest absolute Gasteiger partial charge is 0.163 e. The third-order valence-corrected chi connectivity index (χ3v) is 3.22. The lowest BCUT2D eigenvalue weighted by Crippen LogP contribution is -2.10. The number of nitrogens with two attached hydrogens (primary N) is 1. The van der Waals surface area contributed by atoms with E-state index in [0.29, 0.717) is 13.1 Å². The molecule has 0 amide bonds. The molecule has 2 N–H and O–H groups in total. The number of fused-ring (bicyclic) bond motifs is 1. The monoisotopic (exact) mass is 256 g/mol. The van der Waals surface area contributed by atoms with E-state index in [2.05, 4.69) is 32.9 Å². The molecular weight excluding hydrogens is 240 g/mol. The average molecular weight is 256 g/mol. The van der Waals surface area contributed by atoms with Crippen LogP contribution in [0.4, 0.5) is 0 Å². The Bertz CT molecular complexity index is 724. The van der Waals surface area contributed by atoms with E-state index in [1.54, 1.807) is 4.68 Å². The van der Waals surface area contributed by atoms with Gasteiger partial charge in [-0.2, -0.15) is 0 Å². The van der Waals surface area contributed by atoms with Crippen molar-refractivity contribution in [1.29, 1.82) is 0 Å². The first kappa shape index (κ1) is 11.9. The highest BCUT2D eigenvalue weighted by Crippen LogP contribution is 2.24. The number of benzene rings is 1. The molecule has 98 valence electrons. The topological polar surface area (TPSA) is 74.6 Å². The number of nitrogens with zero attached hydrogens (tertiary/aromatic N) is 5. The fraction of sp³-hybridized carbons (Fsp3) is 0.308. The second-order valence-corrected chi connectivity index (χ2v) is 4.59. The third-order valence-electron chi connectivity index (χ3n) is 3.22. The molecule has 1 aromatic carbocycles. The quantitative estimate of drug-likeness (QED) is 0.761. The minimum absolute atomic E-state index is 0.546. The Labute approximate surface area is 110 Å². The zero-order valence-electron chi connectivity index (χ0n) is 11.0. The molecule has 0 fully saturated rings. The van der Waals surface area contributed by atoms with Crippen molar-refractivity contribution in [2.24, 2.45) is 12.8 Å². The largest absolute Gasteiger partial charge is 0.329 e. The number of aryl methyl sites for hydroxylation is 2. The van der Waals surface area contributed by atoms with Crippen molar-refractivity contribution in [3.05, 3.63) is 30.0 Å². The minimum Gasteiger partial charge on any atom is -0.329 e. The molecule has 6 nitrogen and oxygen atoms in total. The standard InChI is InChI=1S/C13H16N6/c1-9-4-3-5-10-12(9)18(2)13(15-10)11-8-19(7-6-14)17-16-11/h3-5,8H,6-7,14H2,1-2H3. The number of hydrogen-bond acceptors (Lipinski definition) is 4. The second-order valence-electron chi connectivity index (χ2n) is 4.59. The van der Waals surface area contributed by atoms with Crippen LogP contribution < -0.4 is 5.73 Å². The van der Waals surface area contributed by atoms with Crippen LogP contribution in [-0.2, 0) is 13.6 Å².